The van der Waals surface area contributed by atoms with Gasteiger partial charge in [-0.05, 0) is 190 Å². The topological polar surface area (TPSA) is 30.0 Å². The zero-order chi connectivity index (χ0) is 68.0. The van der Waals surface area contributed by atoms with Gasteiger partial charge in [-0.15, -0.1) is 0 Å². The number of rotatable bonds is 16. The lowest BCUT2D eigenvalue weighted by molar-refractivity contribution is 0.658. The number of anilines is 12. The lowest BCUT2D eigenvalue weighted by atomic mass is 9.96. The largest absolute Gasteiger partial charge is 0.310 e. The van der Waals surface area contributed by atoms with E-state index in [1.807, 2.05) is 0 Å². The molecule has 5 nitrogen and oxygen atoms in total. The zero-order valence-electron chi connectivity index (χ0n) is 55.9. The van der Waals surface area contributed by atoms with Gasteiger partial charge in [0.15, 0.2) is 0 Å². The Bertz CT molecular complexity index is 4960. The summed E-state index contributed by atoms with van der Waals surface area (Å²) in [6, 6.07) is 147. The van der Waals surface area contributed by atoms with Crippen LogP contribution < -0.4 is 19.6 Å². The Labute approximate surface area is 596 Å². The van der Waals surface area contributed by atoms with Crippen molar-refractivity contribution >= 4 is 77.3 Å². The van der Waals surface area contributed by atoms with Crippen LogP contribution in [0.4, 0.5) is 68.2 Å². The summed E-state index contributed by atoms with van der Waals surface area (Å²) in [6.45, 7) is 0. The van der Waals surface area contributed by atoms with Crippen LogP contribution in [0.5, 0.6) is 0 Å². The van der Waals surface area contributed by atoms with Crippen molar-refractivity contribution in [1.29, 1.82) is 0 Å². The van der Waals surface area contributed by atoms with Gasteiger partial charge < -0.3 is 19.6 Å². The predicted molar refractivity (Wildman–Crippen MR) is 425 cm³/mol. The van der Waals surface area contributed by atoms with Crippen LogP contribution in [0.2, 0.25) is 0 Å². The van der Waals surface area contributed by atoms with Crippen LogP contribution in [-0.4, -0.2) is 4.21 Å². The second-order valence-electron chi connectivity index (χ2n) is 25.9. The van der Waals surface area contributed by atoms with Gasteiger partial charge in [0.2, 0.25) is 0 Å². The van der Waals surface area contributed by atoms with Gasteiger partial charge in [-0.2, -0.15) is 0 Å². The van der Waals surface area contributed by atoms with Gasteiger partial charge in [0.25, 0.3) is 0 Å². The van der Waals surface area contributed by atoms with E-state index in [1.54, 1.807) is 0 Å². The van der Waals surface area contributed by atoms with Crippen molar-refractivity contribution in [3.05, 3.63) is 413 Å². The molecule has 0 saturated heterocycles. The third kappa shape index (κ3) is 10.2. The summed E-state index contributed by atoms with van der Waals surface area (Å²) < 4.78 is 20.6. The Hall–Kier alpha value is -13.1. The fourth-order valence-electron chi connectivity index (χ4n) is 15.6. The molecule has 16 aromatic rings. The number of para-hydroxylation sites is 12. The molecule has 0 bridgehead atoms. The predicted octanol–water partition coefficient (Wildman–Crippen LogP) is 26.6. The first-order valence-electron chi connectivity index (χ1n) is 34.7. The van der Waals surface area contributed by atoms with Gasteiger partial charge >= 0.3 is 0 Å². The first-order valence-corrected chi connectivity index (χ1v) is 36.7. The van der Waals surface area contributed by atoms with Crippen LogP contribution in [0, 0.1) is 0 Å². The van der Waals surface area contributed by atoms with Crippen LogP contribution in [0.1, 0.15) is 0 Å². The molecular formula is C96H68N4OS. The molecule has 0 radical (unpaired) electrons. The van der Waals surface area contributed by atoms with E-state index >= 15 is 4.21 Å². The van der Waals surface area contributed by atoms with Crippen molar-refractivity contribution < 1.29 is 4.21 Å². The molecule has 484 valence electrons. The molecule has 0 saturated carbocycles. The molecule has 0 fully saturated rings. The highest BCUT2D eigenvalue weighted by Gasteiger charge is 2.58. The molecule has 1 spiro atoms. The molecule has 2 aliphatic rings. The van der Waals surface area contributed by atoms with Crippen LogP contribution >= 0.6 is 0 Å². The van der Waals surface area contributed by atoms with Gasteiger partial charge in [0.05, 0.1) is 22.7 Å². The Morgan fingerprint density at radius 1 is 0.157 bits per heavy atom. The molecule has 18 rings (SSSR count). The molecule has 6 heteroatoms. The van der Waals surface area contributed by atoms with E-state index in [2.05, 4.69) is 432 Å². The van der Waals surface area contributed by atoms with E-state index in [1.165, 1.54) is 0 Å². The highest BCUT2D eigenvalue weighted by Crippen LogP contribution is 2.72. The van der Waals surface area contributed by atoms with Gasteiger partial charge in [0.1, 0.15) is 0 Å². The van der Waals surface area contributed by atoms with E-state index in [-0.39, 0.29) is 0 Å². The average molecular weight is 1330 g/mol. The maximum atomic E-state index is 20.6. The summed E-state index contributed by atoms with van der Waals surface area (Å²) in [5.41, 5.74) is 23.6. The molecule has 0 amide bonds. The number of fused-ring (bicyclic) bond motifs is 10. The fraction of sp³-hybridized carbons (Fsp3) is 0. The summed E-state index contributed by atoms with van der Waals surface area (Å²) in [5, 5.41) is 0. The Morgan fingerprint density at radius 2 is 0.314 bits per heavy atom. The molecule has 0 atom stereocenters. The quantitative estimate of drug-likeness (QED) is 0.0962. The standard InChI is InChI=1S/C96H68N4OS/c101-102(93-65-69(81-49-25-29-53-89(81)97(73-33-9-1-10-34-73)74-35-11-2-12-36-74)57-61-85(93)86-62-58-70(66-94(86)102)82-50-26-30-54-90(82)98(75-37-13-3-14-38-75)76-39-15-4-16-40-76)95-67-71(83-51-27-31-55-91(83)99(77-41-17-5-18-42-77)78-43-19-6-20-44-78)59-63-87(95)88-64-60-72(68-96(88)102)84-52-28-32-56-92(84)100(79-45-21-7-22-46-79)80-47-23-8-24-48-80/h1-68H. The van der Waals surface area contributed by atoms with Crippen molar-refractivity contribution in [3.8, 4) is 66.8 Å². The maximum Gasteiger partial charge on any atom is 0.0540 e. The average Bonchev–Trinajstić information content (AvgIpc) is 1.48. The highest BCUT2D eigenvalue weighted by molar-refractivity contribution is 8.21. The van der Waals surface area contributed by atoms with Crippen molar-refractivity contribution in [2.45, 2.75) is 19.6 Å². The maximum absolute atomic E-state index is 20.6. The van der Waals surface area contributed by atoms with E-state index in [0.717, 1.165) is 155 Å². The van der Waals surface area contributed by atoms with Crippen molar-refractivity contribution in [3.63, 3.8) is 0 Å². The van der Waals surface area contributed by atoms with Gasteiger partial charge in [-0.1, -0.05) is 267 Å². The molecule has 0 aliphatic carbocycles. The molecule has 2 aliphatic heterocycles. The molecule has 16 aromatic carbocycles. The minimum atomic E-state index is -4.93. The Balaban J connectivity index is 0.944. The summed E-state index contributed by atoms with van der Waals surface area (Å²) in [7, 11) is -4.93. The number of nitrogens with zero attached hydrogens (tertiary/aromatic N) is 4. The summed E-state index contributed by atoms with van der Waals surface area (Å²) in [5.74, 6) is 0. The summed E-state index contributed by atoms with van der Waals surface area (Å²) in [4.78, 5) is 12.4. The normalized spacial score (nSPS) is 13.0. The van der Waals surface area contributed by atoms with Gasteiger partial charge in [-0.25, -0.2) is 0 Å². The molecule has 0 aromatic heterocycles. The second kappa shape index (κ2) is 25.6. The van der Waals surface area contributed by atoms with Crippen molar-refractivity contribution in [1.82, 2.24) is 0 Å². The van der Waals surface area contributed by atoms with Crippen LogP contribution in [0.15, 0.2) is 432 Å². The van der Waals surface area contributed by atoms with E-state index in [9.17, 15) is 0 Å². The first-order chi connectivity index (χ1) is 50.5. The molecule has 0 unspecified atom stereocenters. The number of benzene rings is 16. The van der Waals surface area contributed by atoms with Crippen molar-refractivity contribution in [2.24, 2.45) is 0 Å². The zero-order valence-corrected chi connectivity index (χ0v) is 56.7. The van der Waals surface area contributed by atoms with E-state index in [4.69, 9.17) is 0 Å². The molecule has 2 heterocycles. The SMILES string of the molecule is O=S12(c3cc(-c4ccccc4N(c4ccccc4)c4ccccc4)ccc3-c3ccc(-c4ccccc4N(c4ccccc4)c4ccccc4)cc31)c1cc(-c3ccccc3N(c3ccccc3)c3ccccc3)ccc1-c1ccc(-c3ccccc3N(c3ccccc3)c3ccccc3)cc12. The van der Waals surface area contributed by atoms with E-state index in [0.29, 0.717) is 0 Å². The smallest absolute Gasteiger partial charge is 0.0540 e. The molecular weight excluding hydrogens is 1260 g/mol. The molecule has 0 N–H and O–H groups in total. The number of hydrogen-bond donors (Lipinski definition) is 0. The second-order valence-corrected chi connectivity index (χ2v) is 29.5. The van der Waals surface area contributed by atoms with Crippen LogP contribution in [-0.2, 0) is 9.07 Å². The third-order valence-corrected chi connectivity index (χ3v) is 24.8. The van der Waals surface area contributed by atoms with Crippen LogP contribution in [0.25, 0.3) is 66.8 Å². The lowest BCUT2D eigenvalue weighted by Gasteiger charge is -2.40. The lowest BCUT2D eigenvalue weighted by Crippen LogP contribution is -2.30. The summed E-state index contributed by atoms with van der Waals surface area (Å²) >= 11 is 0. The van der Waals surface area contributed by atoms with Gasteiger partial charge in [-0.3, -0.25) is 4.21 Å². The fourth-order valence-corrected chi connectivity index (χ4v) is 20.8. The Morgan fingerprint density at radius 3 is 0.490 bits per heavy atom. The van der Waals surface area contributed by atoms with E-state index < -0.39 is 9.07 Å². The highest BCUT2D eigenvalue weighted by atomic mass is 32.3. The Kier molecular flexibility index (Phi) is 15.4. The van der Waals surface area contributed by atoms with Crippen LogP contribution in [0.3, 0.4) is 0 Å². The van der Waals surface area contributed by atoms with Crippen molar-refractivity contribution in [2.75, 3.05) is 19.6 Å². The third-order valence-electron chi connectivity index (χ3n) is 20.1. The van der Waals surface area contributed by atoms with Gasteiger partial charge in [0, 0.05) is 96.4 Å². The molecule has 102 heavy (non-hydrogen) atoms. The monoisotopic (exact) mass is 1320 g/mol. The minimum absolute atomic E-state index is 0.766. The summed E-state index contributed by atoms with van der Waals surface area (Å²) in [6.07, 6.45) is 0. The number of hydrogen-bond acceptors (Lipinski definition) is 5. The first kappa shape index (κ1) is 61.2. The minimum Gasteiger partial charge on any atom is -0.310 e.